The lowest BCUT2D eigenvalue weighted by atomic mass is 10.0. The Morgan fingerprint density at radius 3 is 2.65 bits per heavy atom. The van der Waals surface area contributed by atoms with E-state index in [1.54, 1.807) is 6.07 Å². The molecule has 0 spiro atoms. The van der Waals surface area contributed by atoms with E-state index in [1.165, 1.54) is 12.1 Å². The van der Waals surface area contributed by atoms with Gasteiger partial charge >= 0.3 is 5.97 Å². The molecule has 3 aromatic rings. The normalized spacial score (nSPS) is 11.3. The van der Waals surface area contributed by atoms with Gasteiger partial charge in [-0.1, -0.05) is 49.2 Å². The number of carbonyl (C=O) groups is 1. The molecule has 132 valence electrons. The molecule has 0 atom stereocenters. The van der Waals surface area contributed by atoms with Crippen molar-refractivity contribution < 1.29 is 14.3 Å². The summed E-state index contributed by atoms with van der Waals surface area (Å²) < 4.78 is 5.93. The number of fused-ring (bicyclic) bond motifs is 1. The van der Waals surface area contributed by atoms with E-state index in [0.717, 1.165) is 17.5 Å². The number of hydrogen-bond donors (Lipinski definition) is 1. The zero-order valence-electron chi connectivity index (χ0n) is 14.8. The molecular formula is C22H20O4. The van der Waals surface area contributed by atoms with E-state index in [4.69, 9.17) is 9.52 Å². The van der Waals surface area contributed by atoms with Crippen molar-refractivity contribution in [2.45, 2.75) is 26.7 Å². The van der Waals surface area contributed by atoms with Crippen LogP contribution in [0.4, 0.5) is 0 Å². The van der Waals surface area contributed by atoms with Gasteiger partial charge in [0.05, 0.1) is 10.9 Å². The number of hydrogen-bond acceptors (Lipinski definition) is 3. The summed E-state index contributed by atoms with van der Waals surface area (Å²) in [6.45, 7) is 4.02. The minimum atomic E-state index is -1.06. The Kier molecular flexibility index (Phi) is 5.03. The summed E-state index contributed by atoms with van der Waals surface area (Å²) in [5.74, 6) is -0.541. The van der Waals surface area contributed by atoms with Crippen molar-refractivity contribution in [3.63, 3.8) is 0 Å². The van der Waals surface area contributed by atoms with Crippen LogP contribution in [0.3, 0.4) is 0 Å². The van der Waals surface area contributed by atoms with Crippen LogP contribution >= 0.6 is 0 Å². The van der Waals surface area contributed by atoms with Crippen LogP contribution in [0.2, 0.25) is 0 Å². The van der Waals surface area contributed by atoms with Gasteiger partial charge in [-0.2, -0.15) is 0 Å². The summed E-state index contributed by atoms with van der Waals surface area (Å²) in [4.78, 5) is 24.1. The summed E-state index contributed by atoms with van der Waals surface area (Å²) in [5, 5.41) is 9.46. The molecule has 1 aromatic heterocycles. The molecule has 26 heavy (non-hydrogen) atoms. The fourth-order valence-corrected chi connectivity index (χ4v) is 2.95. The lowest BCUT2D eigenvalue weighted by Gasteiger charge is -2.07. The number of carboxylic acids is 1. The number of aromatic carboxylic acids is 1. The maximum absolute atomic E-state index is 12.9. The second-order valence-electron chi connectivity index (χ2n) is 6.29. The summed E-state index contributed by atoms with van der Waals surface area (Å²) in [5.41, 5.74) is 3.06. The molecule has 0 saturated carbocycles. The molecule has 0 fully saturated rings. The first-order chi connectivity index (χ1) is 12.5. The van der Waals surface area contributed by atoms with Crippen LogP contribution in [0.1, 0.15) is 46.2 Å². The topological polar surface area (TPSA) is 67.5 Å². The van der Waals surface area contributed by atoms with E-state index in [1.807, 2.05) is 50.3 Å². The van der Waals surface area contributed by atoms with Crippen molar-refractivity contribution in [1.82, 2.24) is 0 Å². The van der Waals surface area contributed by atoms with Crippen LogP contribution in [0, 0.1) is 6.92 Å². The first-order valence-corrected chi connectivity index (χ1v) is 8.57. The van der Waals surface area contributed by atoms with Gasteiger partial charge in [-0.05, 0) is 43.2 Å². The third-order valence-corrected chi connectivity index (χ3v) is 4.23. The molecular weight excluding hydrogens is 328 g/mol. The van der Waals surface area contributed by atoms with E-state index < -0.39 is 5.97 Å². The molecule has 3 rings (SSSR count). The van der Waals surface area contributed by atoms with E-state index in [2.05, 4.69) is 0 Å². The lowest BCUT2D eigenvalue weighted by molar-refractivity contribution is 0.0697. The predicted octanol–water partition coefficient (Wildman–Crippen LogP) is 4.92. The van der Waals surface area contributed by atoms with E-state index in [9.17, 15) is 9.59 Å². The first kappa shape index (κ1) is 17.7. The van der Waals surface area contributed by atoms with Crippen molar-refractivity contribution in [1.29, 1.82) is 0 Å². The largest absolute Gasteiger partial charge is 0.478 e. The van der Waals surface area contributed by atoms with Gasteiger partial charge in [0.15, 0.2) is 5.43 Å². The van der Waals surface area contributed by atoms with Crippen LogP contribution in [0.5, 0.6) is 0 Å². The van der Waals surface area contributed by atoms with Gasteiger partial charge in [0.2, 0.25) is 0 Å². The molecule has 0 unspecified atom stereocenters. The monoisotopic (exact) mass is 348 g/mol. The number of aryl methyl sites for hydroxylation is 1. The second-order valence-corrected chi connectivity index (χ2v) is 6.29. The van der Waals surface area contributed by atoms with Crippen molar-refractivity contribution in [2.75, 3.05) is 0 Å². The fraction of sp³-hybridized carbons (Fsp3) is 0.182. The highest BCUT2D eigenvalue weighted by atomic mass is 16.4. The van der Waals surface area contributed by atoms with Crippen LogP contribution < -0.4 is 5.43 Å². The van der Waals surface area contributed by atoms with Gasteiger partial charge in [0.25, 0.3) is 0 Å². The molecule has 0 amide bonds. The Morgan fingerprint density at radius 1 is 1.15 bits per heavy atom. The van der Waals surface area contributed by atoms with Crippen LogP contribution in [-0.4, -0.2) is 11.1 Å². The Hall–Kier alpha value is -3.14. The third-order valence-electron chi connectivity index (χ3n) is 4.23. The average Bonchev–Trinajstić information content (AvgIpc) is 2.62. The zero-order chi connectivity index (χ0) is 18.7. The maximum Gasteiger partial charge on any atom is 0.335 e. The molecule has 2 aromatic carbocycles. The summed E-state index contributed by atoms with van der Waals surface area (Å²) >= 11 is 0. The van der Waals surface area contributed by atoms with Crippen LogP contribution in [0.15, 0.2) is 51.7 Å². The van der Waals surface area contributed by atoms with Crippen molar-refractivity contribution >= 4 is 29.1 Å². The van der Waals surface area contributed by atoms with E-state index in [-0.39, 0.29) is 11.0 Å². The smallest absolute Gasteiger partial charge is 0.335 e. The molecule has 0 aliphatic heterocycles. The van der Waals surface area contributed by atoms with Gasteiger partial charge in [-0.3, -0.25) is 4.79 Å². The maximum atomic E-state index is 12.9. The van der Waals surface area contributed by atoms with Gasteiger partial charge in [-0.25, -0.2) is 4.79 Å². The van der Waals surface area contributed by atoms with Crippen LogP contribution in [-0.2, 0) is 6.42 Å². The quantitative estimate of drug-likeness (QED) is 0.710. The molecule has 1 heterocycles. The number of rotatable bonds is 5. The van der Waals surface area contributed by atoms with Crippen molar-refractivity contribution in [3.05, 3.63) is 80.7 Å². The molecule has 0 radical (unpaired) electrons. The van der Waals surface area contributed by atoms with Crippen molar-refractivity contribution in [2.24, 2.45) is 0 Å². The number of benzene rings is 2. The highest BCUT2D eigenvalue weighted by molar-refractivity contribution is 5.93. The van der Waals surface area contributed by atoms with Gasteiger partial charge in [-0.15, -0.1) is 0 Å². The Morgan fingerprint density at radius 2 is 1.96 bits per heavy atom. The minimum absolute atomic E-state index is 0.0790. The molecule has 0 aliphatic carbocycles. The standard InChI is InChI=1S/C22H20O4/c1-3-5-17-19(10-8-15-7-4-6-14(2)12-15)26-20-11-9-16(22(24)25)13-18(20)21(17)23/h4,6-13H,3,5H2,1-2H3,(H,24,25). The SMILES string of the molecule is CCCc1c(C=Cc2cccc(C)c2)oc2ccc(C(=O)O)cc2c1=O. The summed E-state index contributed by atoms with van der Waals surface area (Å²) in [7, 11) is 0. The zero-order valence-corrected chi connectivity index (χ0v) is 14.8. The molecule has 4 nitrogen and oxygen atoms in total. The van der Waals surface area contributed by atoms with Crippen LogP contribution in [0.25, 0.3) is 23.1 Å². The van der Waals surface area contributed by atoms with Crippen molar-refractivity contribution in [3.8, 4) is 0 Å². The number of carboxylic acid groups (broad SMARTS) is 1. The Labute approximate surface area is 151 Å². The van der Waals surface area contributed by atoms with E-state index >= 15 is 0 Å². The average molecular weight is 348 g/mol. The molecule has 0 saturated heterocycles. The highest BCUT2D eigenvalue weighted by Gasteiger charge is 2.14. The van der Waals surface area contributed by atoms with Gasteiger partial charge < -0.3 is 9.52 Å². The van der Waals surface area contributed by atoms with Gasteiger partial charge in [0.1, 0.15) is 11.3 Å². The van der Waals surface area contributed by atoms with E-state index in [0.29, 0.717) is 28.7 Å². The molecule has 4 heteroatoms. The summed E-state index contributed by atoms with van der Waals surface area (Å²) in [6, 6.07) is 12.4. The minimum Gasteiger partial charge on any atom is -0.478 e. The summed E-state index contributed by atoms with van der Waals surface area (Å²) in [6.07, 6.45) is 5.09. The third kappa shape index (κ3) is 3.59. The Balaban J connectivity index is 2.15. The fourth-order valence-electron chi connectivity index (χ4n) is 2.95. The molecule has 1 N–H and O–H groups in total. The predicted molar refractivity (Wildman–Crippen MR) is 104 cm³/mol. The second kappa shape index (κ2) is 7.40. The molecule has 0 bridgehead atoms. The van der Waals surface area contributed by atoms with Gasteiger partial charge in [0, 0.05) is 5.56 Å². The first-order valence-electron chi connectivity index (χ1n) is 8.57. The Bertz CT molecular complexity index is 1060. The highest BCUT2D eigenvalue weighted by Crippen LogP contribution is 2.21. The molecule has 0 aliphatic rings. The lowest BCUT2D eigenvalue weighted by Crippen LogP contribution is -2.12.